The molecule has 0 aliphatic rings. The highest BCUT2D eigenvalue weighted by molar-refractivity contribution is 5.92. The molecule has 1 aromatic heterocycles. The monoisotopic (exact) mass is 279 g/mol. The Labute approximate surface area is 118 Å². The maximum Gasteiger partial charge on any atom is 0.271 e. The van der Waals surface area contributed by atoms with Gasteiger partial charge in [0.1, 0.15) is 5.82 Å². The van der Waals surface area contributed by atoms with E-state index in [4.69, 9.17) is 5.73 Å². The number of aromatic nitrogens is 2. The van der Waals surface area contributed by atoms with Crippen LogP contribution in [0.3, 0.4) is 0 Å². The predicted molar refractivity (Wildman–Crippen MR) is 76.2 cm³/mol. The summed E-state index contributed by atoms with van der Waals surface area (Å²) in [7, 11) is 0. The molecule has 4 N–H and O–H groups in total. The third-order valence-corrected chi connectivity index (χ3v) is 2.59. The molecule has 0 aliphatic heterocycles. The van der Waals surface area contributed by atoms with Crippen LogP contribution in [0.25, 0.3) is 0 Å². The van der Waals surface area contributed by atoms with Gasteiger partial charge in [0.2, 0.25) is 5.91 Å². The summed E-state index contributed by atoms with van der Waals surface area (Å²) < 4.78 is 0. The third-order valence-electron chi connectivity index (χ3n) is 2.59. The molecule has 1 aromatic rings. The van der Waals surface area contributed by atoms with Crippen LogP contribution in [0.1, 0.15) is 43.1 Å². The zero-order valence-electron chi connectivity index (χ0n) is 11.7. The number of carbonyl (C=O) groups excluding carboxylic acids is 2. The molecule has 0 aromatic carbocycles. The first-order chi connectivity index (χ1) is 9.63. The van der Waals surface area contributed by atoms with Crippen LogP contribution in [-0.4, -0.2) is 35.1 Å². The number of nitrogens with one attached hydrogen (secondary N) is 2. The summed E-state index contributed by atoms with van der Waals surface area (Å²) >= 11 is 0. The lowest BCUT2D eigenvalue weighted by Crippen LogP contribution is -2.26. The fraction of sp³-hybridized carbons (Fsp3) is 0.538. The topological polar surface area (TPSA) is 110 Å². The van der Waals surface area contributed by atoms with Crippen molar-refractivity contribution in [3.8, 4) is 0 Å². The van der Waals surface area contributed by atoms with Gasteiger partial charge in [-0.3, -0.25) is 9.59 Å². The van der Waals surface area contributed by atoms with Crippen LogP contribution in [0, 0.1) is 0 Å². The Morgan fingerprint density at radius 2 is 2.00 bits per heavy atom. The van der Waals surface area contributed by atoms with E-state index in [1.54, 1.807) is 12.1 Å². The first-order valence-corrected chi connectivity index (χ1v) is 6.77. The Kier molecular flexibility index (Phi) is 7.02. The van der Waals surface area contributed by atoms with Crippen molar-refractivity contribution >= 4 is 17.6 Å². The van der Waals surface area contributed by atoms with Gasteiger partial charge in [-0.2, -0.15) is 0 Å². The van der Waals surface area contributed by atoms with Crippen LogP contribution in [0.15, 0.2) is 12.1 Å². The molecule has 0 saturated carbocycles. The SMILES string of the molecule is CCCNc1ccc(C(=O)NCCCCC(N)=O)nn1. The number of hydrogen-bond acceptors (Lipinski definition) is 5. The summed E-state index contributed by atoms with van der Waals surface area (Å²) in [5.41, 5.74) is 5.30. The van der Waals surface area contributed by atoms with Gasteiger partial charge in [0.05, 0.1) is 0 Å². The number of unbranched alkanes of at least 4 members (excludes halogenated alkanes) is 1. The van der Waals surface area contributed by atoms with E-state index < -0.39 is 0 Å². The zero-order chi connectivity index (χ0) is 14.8. The Morgan fingerprint density at radius 3 is 2.60 bits per heavy atom. The van der Waals surface area contributed by atoms with E-state index >= 15 is 0 Å². The van der Waals surface area contributed by atoms with E-state index in [2.05, 4.69) is 27.8 Å². The summed E-state index contributed by atoms with van der Waals surface area (Å²) in [6.07, 6.45) is 2.71. The molecule has 0 unspecified atom stereocenters. The lowest BCUT2D eigenvalue weighted by atomic mass is 10.2. The van der Waals surface area contributed by atoms with Crippen molar-refractivity contribution in [1.29, 1.82) is 0 Å². The molecule has 20 heavy (non-hydrogen) atoms. The van der Waals surface area contributed by atoms with Crippen LogP contribution in [-0.2, 0) is 4.79 Å². The van der Waals surface area contributed by atoms with Crippen LogP contribution in [0.5, 0.6) is 0 Å². The standard InChI is InChI=1S/C13H21N5O2/c1-2-8-15-12-7-6-10(17-18-12)13(20)16-9-4-3-5-11(14)19/h6-7H,2-5,8-9H2,1H3,(H2,14,19)(H,15,18)(H,16,20). The first kappa shape index (κ1) is 15.9. The molecule has 1 heterocycles. The summed E-state index contributed by atoms with van der Waals surface area (Å²) in [6.45, 7) is 3.37. The Balaban J connectivity index is 2.30. The maximum absolute atomic E-state index is 11.7. The first-order valence-electron chi connectivity index (χ1n) is 6.77. The van der Waals surface area contributed by atoms with Gasteiger partial charge in [-0.1, -0.05) is 6.92 Å². The molecule has 0 fully saturated rings. The predicted octanol–water partition coefficient (Wildman–Crippen LogP) is 0.684. The van der Waals surface area contributed by atoms with Crippen LogP contribution < -0.4 is 16.4 Å². The molecule has 7 heteroatoms. The highest BCUT2D eigenvalue weighted by Crippen LogP contribution is 2.02. The molecule has 1 rings (SSSR count). The molecule has 110 valence electrons. The van der Waals surface area contributed by atoms with Crippen molar-refractivity contribution in [3.05, 3.63) is 17.8 Å². The highest BCUT2D eigenvalue weighted by Gasteiger charge is 2.07. The minimum Gasteiger partial charge on any atom is -0.370 e. The molecule has 7 nitrogen and oxygen atoms in total. The van der Waals surface area contributed by atoms with Gasteiger partial charge in [-0.05, 0) is 31.4 Å². The van der Waals surface area contributed by atoms with E-state index in [1.807, 2.05) is 0 Å². The summed E-state index contributed by atoms with van der Waals surface area (Å²) in [6, 6.07) is 3.36. The second-order valence-electron chi connectivity index (χ2n) is 4.41. The normalized spacial score (nSPS) is 10.1. The number of hydrogen-bond donors (Lipinski definition) is 3. The number of nitrogens with zero attached hydrogens (tertiary/aromatic N) is 2. The minimum atomic E-state index is -0.322. The van der Waals surface area contributed by atoms with Crippen molar-refractivity contribution in [2.45, 2.75) is 32.6 Å². The van der Waals surface area contributed by atoms with Crippen molar-refractivity contribution in [3.63, 3.8) is 0 Å². The van der Waals surface area contributed by atoms with E-state index in [0.29, 0.717) is 31.6 Å². The average molecular weight is 279 g/mol. The molecule has 0 saturated heterocycles. The van der Waals surface area contributed by atoms with Gasteiger partial charge in [0.15, 0.2) is 5.69 Å². The maximum atomic E-state index is 11.7. The molecule has 0 bridgehead atoms. The second kappa shape index (κ2) is 8.84. The van der Waals surface area contributed by atoms with Crippen molar-refractivity contribution < 1.29 is 9.59 Å². The molecule has 0 spiro atoms. The summed E-state index contributed by atoms with van der Waals surface area (Å²) in [5, 5.41) is 13.6. The van der Waals surface area contributed by atoms with Gasteiger partial charge >= 0.3 is 0 Å². The van der Waals surface area contributed by atoms with Crippen LogP contribution >= 0.6 is 0 Å². The molecule has 2 amide bonds. The van der Waals surface area contributed by atoms with Crippen molar-refractivity contribution in [2.75, 3.05) is 18.4 Å². The van der Waals surface area contributed by atoms with E-state index in [1.165, 1.54) is 0 Å². The lowest BCUT2D eigenvalue weighted by Gasteiger charge is -2.05. The fourth-order valence-corrected chi connectivity index (χ4v) is 1.52. The Bertz CT molecular complexity index is 433. The Hall–Kier alpha value is -2.18. The summed E-state index contributed by atoms with van der Waals surface area (Å²) in [5.74, 6) is 0.0702. The average Bonchev–Trinajstić information content (AvgIpc) is 2.44. The lowest BCUT2D eigenvalue weighted by molar-refractivity contribution is -0.118. The molecular weight excluding hydrogens is 258 g/mol. The zero-order valence-corrected chi connectivity index (χ0v) is 11.7. The molecule has 0 aliphatic carbocycles. The number of nitrogens with two attached hydrogens (primary N) is 1. The molecule has 0 atom stereocenters. The number of carbonyl (C=O) groups is 2. The fourth-order valence-electron chi connectivity index (χ4n) is 1.52. The quantitative estimate of drug-likeness (QED) is 0.576. The Morgan fingerprint density at radius 1 is 1.20 bits per heavy atom. The number of primary amides is 1. The van der Waals surface area contributed by atoms with Gasteiger partial charge in [-0.15, -0.1) is 10.2 Å². The van der Waals surface area contributed by atoms with Gasteiger partial charge in [0.25, 0.3) is 5.91 Å². The van der Waals surface area contributed by atoms with Gasteiger partial charge in [0, 0.05) is 19.5 Å². The van der Waals surface area contributed by atoms with Crippen molar-refractivity contribution in [1.82, 2.24) is 15.5 Å². The molecule has 0 radical (unpaired) electrons. The van der Waals surface area contributed by atoms with Crippen LogP contribution in [0.2, 0.25) is 0 Å². The second-order valence-corrected chi connectivity index (χ2v) is 4.41. The molecular formula is C13H21N5O2. The summed E-state index contributed by atoms with van der Waals surface area (Å²) in [4.78, 5) is 22.3. The number of anilines is 1. The van der Waals surface area contributed by atoms with E-state index in [9.17, 15) is 9.59 Å². The smallest absolute Gasteiger partial charge is 0.271 e. The van der Waals surface area contributed by atoms with Crippen LogP contribution in [0.4, 0.5) is 5.82 Å². The highest BCUT2D eigenvalue weighted by atomic mass is 16.2. The van der Waals surface area contributed by atoms with Crippen molar-refractivity contribution in [2.24, 2.45) is 5.73 Å². The number of amides is 2. The van der Waals surface area contributed by atoms with Gasteiger partial charge in [-0.25, -0.2) is 0 Å². The minimum absolute atomic E-state index is 0.265. The third kappa shape index (κ3) is 6.12. The van der Waals surface area contributed by atoms with E-state index in [0.717, 1.165) is 13.0 Å². The number of rotatable bonds is 9. The largest absolute Gasteiger partial charge is 0.370 e. The van der Waals surface area contributed by atoms with Gasteiger partial charge < -0.3 is 16.4 Å². The van der Waals surface area contributed by atoms with E-state index in [-0.39, 0.29) is 17.5 Å².